The van der Waals surface area contributed by atoms with E-state index in [0.717, 1.165) is 0 Å². The van der Waals surface area contributed by atoms with Crippen molar-refractivity contribution in [2.45, 2.75) is 6.42 Å². The fourth-order valence-electron chi connectivity index (χ4n) is 3.45. The van der Waals surface area contributed by atoms with Crippen LogP contribution in [0.2, 0.25) is 0 Å². The molecule has 1 saturated heterocycles. The maximum Gasteiger partial charge on any atom is 0.272 e. The second-order valence-electron chi connectivity index (χ2n) is 6.75. The molecule has 2 aromatic rings. The van der Waals surface area contributed by atoms with E-state index in [0.29, 0.717) is 53.6 Å². The van der Waals surface area contributed by atoms with Crippen molar-refractivity contribution in [3.63, 3.8) is 0 Å². The number of carbonyl (C=O) groups excluding carboxylic acids is 2. The highest BCUT2D eigenvalue weighted by molar-refractivity contribution is 5.98. The summed E-state index contributed by atoms with van der Waals surface area (Å²) in [6, 6.07) is 10.4. The smallest absolute Gasteiger partial charge is 0.272 e. The van der Waals surface area contributed by atoms with Gasteiger partial charge in [-0.2, -0.15) is 0 Å². The van der Waals surface area contributed by atoms with Gasteiger partial charge < -0.3 is 18.9 Å². The Hall–Kier alpha value is -3.68. The Bertz CT molecular complexity index is 1000. The molecule has 2 aromatic carbocycles. The van der Waals surface area contributed by atoms with E-state index in [1.165, 1.54) is 16.1 Å². The number of ether oxygens (including phenoxy) is 4. The van der Waals surface area contributed by atoms with Crippen molar-refractivity contribution in [2.24, 2.45) is 0 Å². The minimum Gasteiger partial charge on any atom is -0.497 e. The van der Waals surface area contributed by atoms with Gasteiger partial charge in [-0.15, -0.1) is 0 Å². The van der Waals surface area contributed by atoms with E-state index < -0.39 is 0 Å². The summed E-state index contributed by atoms with van der Waals surface area (Å²) in [4.78, 5) is 25.8. The number of amides is 2. The Balaban J connectivity index is 1.51. The first-order valence-electron chi connectivity index (χ1n) is 9.54. The molecular formula is C22H22N2O6. The van der Waals surface area contributed by atoms with Crippen LogP contribution in [0.5, 0.6) is 23.0 Å². The number of rotatable bonds is 5. The SMILES string of the molecule is COc1ccc(OC)c(C=CC(=O)N2CCCN2C(=O)c2ccc3c(c2)OCO3)c1. The second-order valence-corrected chi connectivity index (χ2v) is 6.75. The van der Waals surface area contributed by atoms with E-state index >= 15 is 0 Å². The van der Waals surface area contributed by atoms with Crippen LogP contribution in [0, 0.1) is 0 Å². The summed E-state index contributed by atoms with van der Waals surface area (Å²) in [5.74, 6) is 1.87. The normalized spacial score (nSPS) is 15.0. The van der Waals surface area contributed by atoms with Crippen molar-refractivity contribution in [3.05, 3.63) is 53.6 Å². The zero-order valence-corrected chi connectivity index (χ0v) is 16.8. The monoisotopic (exact) mass is 410 g/mol. The number of nitrogens with zero attached hydrogens (tertiary/aromatic N) is 2. The predicted octanol–water partition coefficient (Wildman–Crippen LogP) is 2.74. The van der Waals surface area contributed by atoms with Crippen LogP contribution in [0.1, 0.15) is 22.3 Å². The molecule has 2 aliphatic rings. The number of hydrogen-bond acceptors (Lipinski definition) is 6. The van der Waals surface area contributed by atoms with E-state index in [1.54, 1.807) is 56.7 Å². The summed E-state index contributed by atoms with van der Waals surface area (Å²) in [7, 11) is 3.14. The average Bonchev–Trinajstić information content (AvgIpc) is 3.45. The Kier molecular flexibility index (Phi) is 5.47. The third-order valence-electron chi connectivity index (χ3n) is 4.98. The van der Waals surface area contributed by atoms with Gasteiger partial charge in [0, 0.05) is 30.3 Å². The van der Waals surface area contributed by atoms with Crippen LogP contribution in [-0.2, 0) is 4.79 Å². The van der Waals surface area contributed by atoms with Crippen molar-refractivity contribution in [1.29, 1.82) is 0 Å². The summed E-state index contributed by atoms with van der Waals surface area (Å²) < 4.78 is 21.2. The van der Waals surface area contributed by atoms with Gasteiger partial charge >= 0.3 is 0 Å². The molecule has 2 amide bonds. The van der Waals surface area contributed by atoms with E-state index in [9.17, 15) is 9.59 Å². The summed E-state index contributed by atoms with van der Waals surface area (Å²) in [6.45, 7) is 1.07. The summed E-state index contributed by atoms with van der Waals surface area (Å²) in [5, 5.41) is 2.92. The van der Waals surface area contributed by atoms with Crippen LogP contribution in [0.25, 0.3) is 6.08 Å². The Morgan fingerprint density at radius 3 is 2.57 bits per heavy atom. The van der Waals surface area contributed by atoms with Gasteiger partial charge in [0.05, 0.1) is 14.2 Å². The molecule has 0 N–H and O–H groups in total. The van der Waals surface area contributed by atoms with Crippen LogP contribution in [0.3, 0.4) is 0 Å². The van der Waals surface area contributed by atoms with Crippen LogP contribution in [-0.4, -0.2) is 55.9 Å². The molecule has 2 aliphatic heterocycles. The molecular weight excluding hydrogens is 388 g/mol. The van der Waals surface area contributed by atoms with Gasteiger partial charge in [-0.1, -0.05) is 0 Å². The quantitative estimate of drug-likeness (QED) is 0.706. The Morgan fingerprint density at radius 1 is 0.967 bits per heavy atom. The first-order valence-corrected chi connectivity index (χ1v) is 9.54. The van der Waals surface area contributed by atoms with Crippen LogP contribution < -0.4 is 18.9 Å². The largest absolute Gasteiger partial charge is 0.497 e. The van der Waals surface area contributed by atoms with Crippen LogP contribution >= 0.6 is 0 Å². The number of carbonyl (C=O) groups is 2. The zero-order chi connectivity index (χ0) is 21.1. The van der Waals surface area contributed by atoms with Crippen molar-refractivity contribution >= 4 is 17.9 Å². The zero-order valence-electron chi connectivity index (χ0n) is 16.8. The minimum atomic E-state index is -0.286. The van der Waals surface area contributed by atoms with E-state index in [1.807, 2.05) is 0 Å². The number of benzene rings is 2. The van der Waals surface area contributed by atoms with Gasteiger partial charge in [-0.05, 0) is 48.9 Å². The van der Waals surface area contributed by atoms with E-state index in [-0.39, 0.29) is 18.6 Å². The molecule has 1 fully saturated rings. The molecule has 0 radical (unpaired) electrons. The second kappa shape index (κ2) is 8.36. The van der Waals surface area contributed by atoms with Gasteiger partial charge in [0.15, 0.2) is 11.5 Å². The lowest BCUT2D eigenvalue weighted by Gasteiger charge is -2.27. The molecule has 0 aliphatic carbocycles. The molecule has 0 saturated carbocycles. The van der Waals surface area contributed by atoms with Crippen LogP contribution in [0.15, 0.2) is 42.5 Å². The van der Waals surface area contributed by atoms with Gasteiger partial charge in [-0.3, -0.25) is 9.59 Å². The van der Waals surface area contributed by atoms with Gasteiger partial charge in [0.1, 0.15) is 11.5 Å². The van der Waals surface area contributed by atoms with E-state index in [4.69, 9.17) is 18.9 Å². The molecule has 0 aromatic heterocycles. The molecule has 156 valence electrons. The molecule has 30 heavy (non-hydrogen) atoms. The van der Waals surface area contributed by atoms with E-state index in [2.05, 4.69) is 0 Å². The number of methoxy groups -OCH3 is 2. The van der Waals surface area contributed by atoms with Gasteiger partial charge in [-0.25, -0.2) is 10.0 Å². The summed E-state index contributed by atoms with van der Waals surface area (Å²) >= 11 is 0. The predicted molar refractivity (Wildman–Crippen MR) is 109 cm³/mol. The van der Waals surface area contributed by atoms with Crippen molar-refractivity contribution in [3.8, 4) is 23.0 Å². The van der Waals surface area contributed by atoms with Gasteiger partial charge in [0.25, 0.3) is 11.8 Å². The Labute approximate surface area is 174 Å². The molecule has 2 heterocycles. The fraction of sp³-hybridized carbons (Fsp3) is 0.273. The first kappa shape index (κ1) is 19.6. The molecule has 8 nitrogen and oxygen atoms in total. The third-order valence-corrected chi connectivity index (χ3v) is 4.98. The molecule has 0 spiro atoms. The molecule has 0 atom stereocenters. The lowest BCUT2D eigenvalue weighted by Crippen LogP contribution is -2.44. The van der Waals surface area contributed by atoms with Crippen molar-refractivity contribution in [1.82, 2.24) is 10.0 Å². The lowest BCUT2D eigenvalue weighted by atomic mass is 10.1. The highest BCUT2D eigenvalue weighted by atomic mass is 16.7. The standard InChI is InChI=1S/C22H22N2O6/c1-27-17-6-8-18(28-2)15(12-17)5-9-21(25)23-10-3-11-24(23)22(26)16-4-7-19-20(13-16)30-14-29-19/h4-9,12-13H,3,10-11,14H2,1-2H3. The molecule has 4 rings (SSSR count). The summed E-state index contributed by atoms with van der Waals surface area (Å²) in [6.07, 6.45) is 3.80. The van der Waals surface area contributed by atoms with Gasteiger partial charge in [0.2, 0.25) is 6.79 Å². The highest BCUT2D eigenvalue weighted by Gasteiger charge is 2.31. The fourth-order valence-corrected chi connectivity index (χ4v) is 3.45. The lowest BCUT2D eigenvalue weighted by molar-refractivity contribution is -0.134. The Morgan fingerprint density at radius 2 is 1.77 bits per heavy atom. The molecule has 0 unspecified atom stereocenters. The third kappa shape index (κ3) is 3.76. The van der Waals surface area contributed by atoms with Crippen LogP contribution in [0.4, 0.5) is 0 Å². The number of fused-ring (bicyclic) bond motifs is 1. The number of hydrazine groups is 1. The first-order chi connectivity index (χ1) is 14.6. The number of hydrogen-bond donors (Lipinski definition) is 0. The molecule has 0 bridgehead atoms. The molecule has 8 heteroatoms. The van der Waals surface area contributed by atoms with Crippen molar-refractivity contribution in [2.75, 3.05) is 34.1 Å². The summed E-state index contributed by atoms with van der Waals surface area (Å²) in [5.41, 5.74) is 1.15. The minimum absolute atomic E-state index is 0.139. The topological polar surface area (TPSA) is 77.5 Å². The van der Waals surface area contributed by atoms with Crippen molar-refractivity contribution < 1.29 is 28.5 Å². The average molecular weight is 410 g/mol. The highest BCUT2D eigenvalue weighted by Crippen LogP contribution is 2.33. The maximum absolute atomic E-state index is 13.0. The maximum atomic E-state index is 13.0.